The van der Waals surface area contributed by atoms with Crippen molar-refractivity contribution in [2.75, 3.05) is 13.1 Å². The van der Waals surface area contributed by atoms with Gasteiger partial charge < -0.3 is 9.84 Å². The maximum Gasteiger partial charge on any atom is 0.126 e. The summed E-state index contributed by atoms with van der Waals surface area (Å²) < 4.78 is 7.18. The van der Waals surface area contributed by atoms with Gasteiger partial charge in [-0.3, -0.25) is 4.90 Å². The van der Waals surface area contributed by atoms with Gasteiger partial charge in [0, 0.05) is 34.4 Å². The smallest absolute Gasteiger partial charge is 0.126 e. The van der Waals surface area contributed by atoms with E-state index in [0.717, 1.165) is 12.3 Å². The third-order valence-corrected chi connectivity index (χ3v) is 12.2. The van der Waals surface area contributed by atoms with E-state index in [1.807, 2.05) is 0 Å². The number of hydrogen-bond acceptors (Lipinski definition) is 3. The standard InChI is InChI=1S/C30H43NO2/c1-18-7-10-20-15-22-29-12-11-27(5,21(16-29)28(6,32)26(2,3)4)25-30(29,23(20)24(18)33-25)13-14-31(22)17-19-8-9-19/h7,10,19,21-22,25,32H,8-9,11-17H2,1-6H3/t21-,22+,25-,27-,28-,29+,30-/m0/s1. The van der Waals surface area contributed by atoms with Crippen LogP contribution < -0.4 is 4.74 Å². The summed E-state index contributed by atoms with van der Waals surface area (Å²) in [4.78, 5) is 2.91. The molecule has 8 rings (SSSR count). The Bertz CT molecular complexity index is 1030. The molecule has 4 bridgehead atoms. The second-order valence-electron chi connectivity index (χ2n) is 14.4. The van der Waals surface area contributed by atoms with Gasteiger partial charge in [0.15, 0.2) is 0 Å². The predicted molar refractivity (Wildman–Crippen MR) is 132 cm³/mol. The molecule has 7 atom stereocenters. The number of fused-ring (bicyclic) bond motifs is 2. The number of rotatable bonds is 3. The van der Waals surface area contributed by atoms with E-state index in [2.05, 4.69) is 58.6 Å². The van der Waals surface area contributed by atoms with Crippen LogP contribution in [0.25, 0.3) is 0 Å². The minimum absolute atomic E-state index is 0.00180. The first-order chi connectivity index (χ1) is 15.5. The predicted octanol–water partition coefficient (Wildman–Crippen LogP) is 5.64. The van der Waals surface area contributed by atoms with Crippen molar-refractivity contribution < 1.29 is 9.84 Å². The normalized spacial score (nSPS) is 44.9. The van der Waals surface area contributed by atoms with Crippen molar-refractivity contribution in [3.63, 3.8) is 0 Å². The first kappa shape index (κ1) is 21.2. The Hall–Kier alpha value is -1.06. The molecule has 33 heavy (non-hydrogen) atoms. The van der Waals surface area contributed by atoms with Gasteiger partial charge in [-0.25, -0.2) is 0 Å². The molecule has 2 spiro atoms. The number of aliphatic hydroxyl groups is 1. The lowest BCUT2D eigenvalue weighted by molar-refractivity contribution is -0.276. The van der Waals surface area contributed by atoms with E-state index in [1.54, 1.807) is 11.1 Å². The highest BCUT2D eigenvalue weighted by Crippen LogP contribution is 2.79. The van der Waals surface area contributed by atoms with Gasteiger partial charge >= 0.3 is 0 Å². The van der Waals surface area contributed by atoms with E-state index in [-0.39, 0.29) is 33.7 Å². The van der Waals surface area contributed by atoms with Crippen LogP contribution in [0.3, 0.4) is 0 Å². The molecule has 1 aromatic rings. The number of aryl methyl sites for hydroxylation is 1. The fourth-order valence-electron chi connectivity index (χ4n) is 9.86. The maximum atomic E-state index is 12.2. The monoisotopic (exact) mass is 449 g/mol. The SMILES string of the molecule is Cc1ccc2c3c1O[C@H]1[C@@]4(C)CC[C@@]5(C[C@@H]4[C@](C)(O)C(C)(C)C)[C@@H](C2)N(CC2CC2)CC[C@]315. The molecule has 5 aliphatic carbocycles. The lowest BCUT2D eigenvalue weighted by atomic mass is 9.31. The first-order valence-electron chi connectivity index (χ1n) is 13.7. The maximum absolute atomic E-state index is 12.2. The summed E-state index contributed by atoms with van der Waals surface area (Å²) in [6, 6.07) is 5.35. The van der Waals surface area contributed by atoms with E-state index in [0.29, 0.717) is 6.04 Å². The van der Waals surface area contributed by atoms with Crippen LogP contribution in [0.15, 0.2) is 12.1 Å². The number of benzene rings is 1. The van der Waals surface area contributed by atoms with Crippen LogP contribution >= 0.6 is 0 Å². The molecular formula is C30H43NO2. The van der Waals surface area contributed by atoms with Crippen molar-refractivity contribution in [1.29, 1.82) is 0 Å². The topological polar surface area (TPSA) is 32.7 Å². The van der Waals surface area contributed by atoms with Crippen LogP contribution in [-0.4, -0.2) is 40.8 Å². The zero-order valence-corrected chi connectivity index (χ0v) is 21.6. The molecule has 2 aliphatic heterocycles. The molecule has 5 fully saturated rings. The third-order valence-electron chi connectivity index (χ3n) is 12.2. The summed E-state index contributed by atoms with van der Waals surface area (Å²) in [7, 11) is 0. The molecule has 3 nitrogen and oxygen atoms in total. The van der Waals surface area contributed by atoms with Crippen LogP contribution in [0.4, 0.5) is 0 Å². The number of ether oxygens (including phenoxy) is 1. The summed E-state index contributed by atoms with van der Waals surface area (Å²) in [5.41, 5.74) is 3.99. The van der Waals surface area contributed by atoms with E-state index in [1.165, 1.54) is 62.9 Å². The Morgan fingerprint density at radius 1 is 1.12 bits per heavy atom. The minimum Gasteiger partial charge on any atom is -0.488 e. The molecule has 0 unspecified atom stereocenters. The Balaban J connectivity index is 1.46. The van der Waals surface area contributed by atoms with Crippen LogP contribution in [0.1, 0.15) is 89.8 Å². The number of hydrogen-bond donors (Lipinski definition) is 1. The van der Waals surface area contributed by atoms with E-state index >= 15 is 0 Å². The lowest BCUT2D eigenvalue weighted by Gasteiger charge is -2.75. The second-order valence-corrected chi connectivity index (χ2v) is 14.4. The highest BCUT2D eigenvalue weighted by molar-refractivity contribution is 5.60. The highest BCUT2D eigenvalue weighted by atomic mass is 16.5. The molecule has 180 valence electrons. The van der Waals surface area contributed by atoms with Crippen LogP contribution in [0, 0.1) is 35.0 Å². The van der Waals surface area contributed by atoms with Crippen molar-refractivity contribution in [2.45, 2.75) is 110 Å². The van der Waals surface area contributed by atoms with Crippen LogP contribution in [-0.2, 0) is 11.8 Å². The molecule has 7 aliphatic rings. The van der Waals surface area contributed by atoms with Gasteiger partial charge in [-0.15, -0.1) is 0 Å². The van der Waals surface area contributed by atoms with Crippen LogP contribution in [0.5, 0.6) is 5.75 Å². The minimum atomic E-state index is -0.722. The molecule has 4 saturated carbocycles. The Morgan fingerprint density at radius 2 is 1.88 bits per heavy atom. The fraction of sp³-hybridized carbons (Fsp3) is 0.800. The molecule has 1 saturated heterocycles. The summed E-state index contributed by atoms with van der Waals surface area (Å²) >= 11 is 0. The van der Waals surface area contributed by atoms with Gasteiger partial charge in [0.1, 0.15) is 11.9 Å². The third kappa shape index (κ3) is 2.27. The average molecular weight is 450 g/mol. The first-order valence-corrected chi connectivity index (χ1v) is 13.7. The second kappa shape index (κ2) is 6.01. The number of likely N-dealkylation sites (tertiary alicyclic amines) is 1. The van der Waals surface area contributed by atoms with Crippen molar-refractivity contribution >= 4 is 0 Å². The molecule has 2 heterocycles. The Kier molecular flexibility index (Phi) is 3.87. The average Bonchev–Trinajstić information content (AvgIpc) is 3.48. The highest BCUT2D eigenvalue weighted by Gasteiger charge is 2.80. The fourth-order valence-corrected chi connectivity index (χ4v) is 9.86. The van der Waals surface area contributed by atoms with Gasteiger partial charge in [-0.1, -0.05) is 39.8 Å². The van der Waals surface area contributed by atoms with Gasteiger partial charge in [-0.05, 0) is 93.7 Å². The van der Waals surface area contributed by atoms with Gasteiger partial charge in [-0.2, -0.15) is 0 Å². The van der Waals surface area contributed by atoms with Crippen molar-refractivity contribution in [3.8, 4) is 5.75 Å². The Labute approximate surface area is 200 Å². The number of nitrogens with zero attached hydrogens (tertiary/aromatic N) is 1. The molecule has 1 N–H and O–H groups in total. The van der Waals surface area contributed by atoms with Gasteiger partial charge in [0.25, 0.3) is 0 Å². The molecule has 1 aromatic carbocycles. The summed E-state index contributed by atoms with van der Waals surface area (Å²) in [6.07, 6.45) is 9.11. The molecular weight excluding hydrogens is 406 g/mol. The lowest BCUT2D eigenvalue weighted by Crippen LogP contribution is -2.80. The molecule has 3 heteroatoms. The largest absolute Gasteiger partial charge is 0.488 e. The summed E-state index contributed by atoms with van der Waals surface area (Å²) in [5, 5.41) is 12.2. The van der Waals surface area contributed by atoms with Gasteiger partial charge in [0.05, 0.1) is 5.60 Å². The zero-order valence-electron chi connectivity index (χ0n) is 21.6. The Morgan fingerprint density at radius 3 is 2.58 bits per heavy atom. The quantitative estimate of drug-likeness (QED) is 0.648. The molecule has 0 amide bonds. The zero-order chi connectivity index (χ0) is 23.2. The van der Waals surface area contributed by atoms with Crippen molar-refractivity contribution in [3.05, 3.63) is 28.8 Å². The van der Waals surface area contributed by atoms with E-state index in [9.17, 15) is 5.11 Å². The molecule has 0 aromatic heterocycles. The van der Waals surface area contributed by atoms with Crippen molar-refractivity contribution in [1.82, 2.24) is 4.90 Å². The van der Waals surface area contributed by atoms with E-state index in [4.69, 9.17) is 4.74 Å². The van der Waals surface area contributed by atoms with Crippen molar-refractivity contribution in [2.24, 2.45) is 28.1 Å². The summed E-state index contributed by atoms with van der Waals surface area (Å²) in [5.74, 6) is 2.41. The number of piperidine rings is 1. The van der Waals surface area contributed by atoms with E-state index < -0.39 is 5.60 Å². The van der Waals surface area contributed by atoms with Crippen LogP contribution in [0.2, 0.25) is 0 Å². The summed E-state index contributed by atoms with van der Waals surface area (Å²) in [6.45, 7) is 16.1. The van der Waals surface area contributed by atoms with Gasteiger partial charge in [0.2, 0.25) is 0 Å². The molecule has 0 radical (unpaired) electrons.